The number of nitrogen functional groups attached to an aromatic ring is 1. The zero-order valence-corrected chi connectivity index (χ0v) is 15.2. The van der Waals surface area contributed by atoms with Gasteiger partial charge in [-0.15, -0.1) is 11.3 Å². The van der Waals surface area contributed by atoms with Gasteiger partial charge in [-0.3, -0.25) is 4.79 Å². The molecule has 4 aromatic rings. The fourth-order valence-corrected chi connectivity index (χ4v) is 3.88. The lowest BCUT2D eigenvalue weighted by molar-refractivity contribution is 0.103. The molecule has 0 aliphatic heterocycles. The molecule has 0 atom stereocenters. The van der Waals surface area contributed by atoms with E-state index in [9.17, 15) is 4.79 Å². The Labute approximate surface area is 154 Å². The van der Waals surface area contributed by atoms with Crippen molar-refractivity contribution < 1.29 is 9.53 Å². The van der Waals surface area contributed by atoms with Gasteiger partial charge >= 0.3 is 0 Å². The number of hydrogen-bond acceptors (Lipinski definition) is 5. The quantitative estimate of drug-likeness (QED) is 0.558. The predicted molar refractivity (Wildman–Crippen MR) is 107 cm³/mol. The molecule has 2 aromatic heterocycles. The maximum Gasteiger partial charge on any atom is 0.268 e. The molecule has 4 rings (SSSR count). The van der Waals surface area contributed by atoms with E-state index in [0.717, 1.165) is 26.7 Å². The summed E-state index contributed by atoms with van der Waals surface area (Å²) in [5.41, 5.74) is 9.36. The minimum atomic E-state index is -0.268. The zero-order chi connectivity index (χ0) is 18.3. The highest BCUT2D eigenvalue weighted by molar-refractivity contribution is 7.21. The summed E-state index contributed by atoms with van der Waals surface area (Å²) in [5.74, 6) is 0.329. The number of hydrogen-bond donors (Lipinski definition) is 2. The highest BCUT2D eigenvalue weighted by Gasteiger charge is 2.19. The Morgan fingerprint density at radius 1 is 1.19 bits per heavy atom. The number of methoxy groups -OCH3 is 1. The van der Waals surface area contributed by atoms with Gasteiger partial charge in [-0.05, 0) is 36.8 Å². The molecular weight excluding hydrogens is 346 g/mol. The third-order valence-electron chi connectivity index (χ3n) is 4.23. The van der Waals surface area contributed by atoms with Gasteiger partial charge in [-0.2, -0.15) is 0 Å². The van der Waals surface area contributed by atoms with Crippen LogP contribution in [0.15, 0.2) is 48.5 Å². The molecule has 3 N–H and O–H groups in total. The molecule has 130 valence electrons. The first-order chi connectivity index (χ1) is 12.6. The molecule has 0 fully saturated rings. The van der Waals surface area contributed by atoms with Gasteiger partial charge in [0.15, 0.2) is 0 Å². The molecule has 1 amide bonds. The number of nitrogens with one attached hydrogen (secondary N) is 1. The van der Waals surface area contributed by atoms with Crippen molar-refractivity contribution in [2.45, 2.75) is 6.92 Å². The number of nitrogens with two attached hydrogens (primary N) is 1. The van der Waals surface area contributed by atoms with Gasteiger partial charge in [0.2, 0.25) is 0 Å². The Bertz CT molecular complexity index is 1150. The molecular formula is C20H17N3O2S. The molecule has 2 aromatic carbocycles. The normalized spacial score (nSPS) is 11.0. The Morgan fingerprint density at radius 3 is 2.81 bits per heavy atom. The first-order valence-corrected chi connectivity index (χ1v) is 8.92. The average molecular weight is 363 g/mol. The average Bonchev–Trinajstić information content (AvgIpc) is 2.96. The minimum absolute atomic E-state index is 0.268. The minimum Gasteiger partial charge on any atom is -0.495 e. The van der Waals surface area contributed by atoms with E-state index in [1.54, 1.807) is 19.2 Å². The number of amides is 1. The van der Waals surface area contributed by atoms with Crippen molar-refractivity contribution >= 4 is 49.7 Å². The van der Waals surface area contributed by atoms with Crippen LogP contribution in [0.5, 0.6) is 5.75 Å². The largest absolute Gasteiger partial charge is 0.495 e. The molecule has 5 nitrogen and oxygen atoms in total. The zero-order valence-electron chi connectivity index (χ0n) is 14.4. The number of aryl methyl sites for hydroxylation is 1. The molecule has 0 saturated heterocycles. The number of fused-ring (bicyclic) bond motifs is 2. The number of nitrogens with zero attached hydrogens (tertiary/aromatic N) is 1. The number of rotatable bonds is 3. The Morgan fingerprint density at radius 2 is 2.00 bits per heavy atom. The van der Waals surface area contributed by atoms with Crippen LogP contribution in [-0.2, 0) is 0 Å². The van der Waals surface area contributed by atoms with Crippen molar-refractivity contribution in [3.05, 3.63) is 59.0 Å². The first kappa shape index (κ1) is 16.4. The monoisotopic (exact) mass is 363 g/mol. The van der Waals surface area contributed by atoms with Gasteiger partial charge in [-0.1, -0.05) is 24.3 Å². The molecule has 2 heterocycles. The van der Waals surface area contributed by atoms with Gasteiger partial charge in [0.25, 0.3) is 5.91 Å². The molecule has 6 heteroatoms. The number of ether oxygens (including phenoxy) is 1. The third kappa shape index (κ3) is 2.74. The SMILES string of the molecule is COc1ccccc1NC(=O)c1sc2nc3cc(C)ccc3cc2c1N. The first-order valence-electron chi connectivity index (χ1n) is 8.10. The van der Waals surface area contributed by atoms with Crippen molar-refractivity contribution in [2.24, 2.45) is 0 Å². The summed E-state index contributed by atoms with van der Waals surface area (Å²) in [6, 6.07) is 15.3. The van der Waals surface area contributed by atoms with E-state index in [2.05, 4.69) is 10.3 Å². The van der Waals surface area contributed by atoms with Crippen molar-refractivity contribution in [1.82, 2.24) is 4.98 Å². The maximum atomic E-state index is 12.8. The van der Waals surface area contributed by atoms with Crippen LogP contribution in [0.3, 0.4) is 0 Å². The molecule has 26 heavy (non-hydrogen) atoms. The lowest BCUT2D eigenvalue weighted by Gasteiger charge is -2.09. The second kappa shape index (κ2) is 6.31. The molecule has 0 radical (unpaired) electrons. The fourth-order valence-electron chi connectivity index (χ4n) is 2.90. The van der Waals surface area contributed by atoms with Gasteiger partial charge in [0, 0.05) is 10.8 Å². The number of benzene rings is 2. The number of pyridine rings is 1. The van der Waals surface area contributed by atoms with E-state index in [0.29, 0.717) is 22.0 Å². The van der Waals surface area contributed by atoms with Crippen LogP contribution < -0.4 is 15.8 Å². The van der Waals surface area contributed by atoms with Crippen LogP contribution >= 0.6 is 11.3 Å². The van der Waals surface area contributed by atoms with Crippen molar-refractivity contribution in [3.63, 3.8) is 0 Å². The summed E-state index contributed by atoms with van der Waals surface area (Å²) in [5, 5.41) is 4.68. The summed E-state index contributed by atoms with van der Waals surface area (Å²) in [6.45, 7) is 2.03. The van der Waals surface area contributed by atoms with Crippen LogP contribution in [0.4, 0.5) is 11.4 Å². The lowest BCUT2D eigenvalue weighted by Crippen LogP contribution is -2.12. The van der Waals surface area contributed by atoms with E-state index in [4.69, 9.17) is 10.5 Å². The molecule has 0 aliphatic carbocycles. The van der Waals surface area contributed by atoms with Crippen LogP contribution in [-0.4, -0.2) is 18.0 Å². The Balaban J connectivity index is 1.77. The van der Waals surface area contributed by atoms with Crippen LogP contribution in [0, 0.1) is 6.92 Å². The van der Waals surface area contributed by atoms with Crippen molar-refractivity contribution in [3.8, 4) is 5.75 Å². The molecule has 0 unspecified atom stereocenters. The predicted octanol–water partition coefficient (Wildman–Crippen LogP) is 4.60. The topological polar surface area (TPSA) is 77.2 Å². The molecule has 0 bridgehead atoms. The highest BCUT2D eigenvalue weighted by atomic mass is 32.1. The Hall–Kier alpha value is -3.12. The Kier molecular flexibility index (Phi) is 3.97. The molecule has 0 aliphatic rings. The highest BCUT2D eigenvalue weighted by Crippen LogP contribution is 2.35. The van der Waals surface area contributed by atoms with Crippen LogP contribution in [0.2, 0.25) is 0 Å². The van der Waals surface area contributed by atoms with E-state index in [1.165, 1.54) is 11.3 Å². The molecule has 0 saturated carbocycles. The summed E-state index contributed by atoms with van der Waals surface area (Å²) in [4.78, 5) is 18.6. The fraction of sp³-hybridized carbons (Fsp3) is 0.100. The van der Waals surface area contributed by atoms with E-state index >= 15 is 0 Å². The van der Waals surface area contributed by atoms with Crippen LogP contribution in [0.25, 0.3) is 21.1 Å². The number of anilines is 2. The van der Waals surface area contributed by atoms with Crippen molar-refractivity contribution in [2.75, 3.05) is 18.2 Å². The van der Waals surface area contributed by atoms with Gasteiger partial charge in [0.1, 0.15) is 15.5 Å². The number of aromatic nitrogens is 1. The van der Waals surface area contributed by atoms with Crippen LogP contribution in [0.1, 0.15) is 15.2 Å². The summed E-state index contributed by atoms with van der Waals surface area (Å²) >= 11 is 1.30. The summed E-state index contributed by atoms with van der Waals surface area (Å²) in [7, 11) is 1.57. The second-order valence-electron chi connectivity index (χ2n) is 6.04. The van der Waals surface area contributed by atoms with Gasteiger partial charge in [-0.25, -0.2) is 4.98 Å². The molecule has 0 spiro atoms. The number of thiophene rings is 1. The smallest absolute Gasteiger partial charge is 0.268 e. The van der Waals surface area contributed by atoms with Crippen molar-refractivity contribution in [1.29, 1.82) is 0 Å². The maximum absolute atomic E-state index is 12.8. The standard InChI is InChI=1S/C20H17N3O2S/c1-11-7-8-12-10-13-17(21)18(26-20(13)23-15(12)9-11)19(24)22-14-5-3-4-6-16(14)25-2/h3-10H,21H2,1-2H3,(H,22,24). The summed E-state index contributed by atoms with van der Waals surface area (Å²) in [6.07, 6.45) is 0. The number of para-hydroxylation sites is 2. The lowest BCUT2D eigenvalue weighted by atomic mass is 10.1. The number of carbonyl (C=O) groups excluding carboxylic acids is 1. The second-order valence-corrected chi connectivity index (χ2v) is 7.04. The summed E-state index contributed by atoms with van der Waals surface area (Å²) < 4.78 is 5.28. The van der Waals surface area contributed by atoms with Gasteiger partial charge < -0.3 is 15.8 Å². The number of carbonyl (C=O) groups is 1. The van der Waals surface area contributed by atoms with E-state index in [1.807, 2.05) is 43.3 Å². The van der Waals surface area contributed by atoms with Gasteiger partial charge in [0.05, 0.1) is 24.0 Å². The third-order valence-corrected chi connectivity index (χ3v) is 5.35. The van der Waals surface area contributed by atoms with E-state index < -0.39 is 0 Å². The van der Waals surface area contributed by atoms with E-state index in [-0.39, 0.29) is 5.91 Å².